The summed E-state index contributed by atoms with van der Waals surface area (Å²) in [6.07, 6.45) is 2.14. The maximum atomic E-state index is 10.4. The fraction of sp³-hybridized carbons (Fsp3) is 0.200. The van der Waals surface area contributed by atoms with Crippen molar-refractivity contribution in [3.8, 4) is 5.75 Å². The first-order chi connectivity index (χ1) is 12.7. The molecule has 1 aliphatic heterocycles. The molecule has 2 atom stereocenters. The lowest BCUT2D eigenvalue weighted by molar-refractivity contribution is 0.0536. The lowest BCUT2D eigenvalue weighted by Crippen LogP contribution is -2.21. The molecule has 1 aliphatic rings. The van der Waals surface area contributed by atoms with E-state index in [-0.39, 0.29) is 13.2 Å². The highest BCUT2D eigenvalue weighted by molar-refractivity contribution is 5.99. The highest BCUT2D eigenvalue weighted by atomic mass is 16.5. The van der Waals surface area contributed by atoms with Gasteiger partial charge in [-0.2, -0.15) is 0 Å². The minimum absolute atomic E-state index is 0.00671. The van der Waals surface area contributed by atoms with Gasteiger partial charge in [-0.15, -0.1) is 0 Å². The van der Waals surface area contributed by atoms with E-state index in [2.05, 4.69) is 10.3 Å². The average molecular weight is 352 g/mol. The molecule has 0 radical (unpaired) electrons. The summed E-state index contributed by atoms with van der Waals surface area (Å²) in [6, 6.07) is 13.4. The number of para-hydroxylation sites is 1. The Labute approximate surface area is 150 Å². The van der Waals surface area contributed by atoms with Gasteiger partial charge < -0.3 is 30.4 Å². The standard InChI is InChI=1S/C20H20N2O4/c23-10-13(24)11-26-14-5-6-19-16(8-14)17(20(25)22-19)7-12-9-21-18-4-2-1-3-15(12)18/h1-9,13,20-25H,10-11H2. The van der Waals surface area contributed by atoms with E-state index in [1.807, 2.05) is 48.7 Å². The van der Waals surface area contributed by atoms with E-state index in [1.54, 1.807) is 6.07 Å². The summed E-state index contributed by atoms with van der Waals surface area (Å²) >= 11 is 0. The Balaban J connectivity index is 1.68. The van der Waals surface area contributed by atoms with Gasteiger partial charge in [-0.25, -0.2) is 0 Å². The van der Waals surface area contributed by atoms with Crippen LogP contribution in [0.15, 0.2) is 48.7 Å². The number of fused-ring (bicyclic) bond motifs is 2. The summed E-state index contributed by atoms with van der Waals surface area (Å²) in [5, 5.41) is 32.9. The molecule has 3 aromatic rings. The molecule has 1 aromatic heterocycles. The van der Waals surface area contributed by atoms with Crippen LogP contribution in [0.1, 0.15) is 11.1 Å². The van der Waals surface area contributed by atoms with Gasteiger partial charge in [0, 0.05) is 39.5 Å². The third-order valence-electron chi connectivity index (χ3n) is 4.47. The Morgan fingerprint density at radius 1 is 1.19 bits per heavy atom. The number of nitrogens with one attached hydrogen (secondary N) is 2. The average Bonchev–Trinajstić information content (AvgIpc) is 3.21. The second-order valence-corrected chi connectivity index (χ2v) is 6.29. The van der Waals surface area contributed by atoms with Gasteiger partial charge in [0.2, 0.25) is 0 Å². The number of aromatic amines is 1. The van der Waals surface area contributed by atoms with Crippen molar-refractivity contribution in [3.63, 3.8) is 0 Å². The molecule has 0 spiro atoms. The number of aliphatic hydroxyl groups excluding tert-OH is 3. The molecule has 0 aliphatic carbocycles. The predicted molar refractivity (Wildman–Crippen MR) is 101 cm³/mol. The van der Waals surface area contributed by atoms with Crippen molar-refractivity contribution in [1.29, 1.82) is 0 Å². The van der Waals surface area contributed by atoms with Crippen LogP contribution in [0.2, 0.25) is 0 Å². The summed E-state index contributed by atoms with van der Waals surface area (Å²) in [4.78, 5) is 3.23. The Bertz CT molecular complexity index is 963. The first-order valence-corrected chi connectivity index (χ1v) is 8.44. The molecule has 6 nitrogen and oxygen atoms in total. The Morgan fingerprint density at radius 3 is 2.88 bits per heavy atom. The fourth-order valence-corrected chi connectivity index (χ4v) is 3.13. The second-order valence-electron chi connectivity index (χ2n) is 6.29. The van der Waals surface area contributed by atoms with E-state index in [0.717, 1.165) is 33.3 Å². The summed E-state index contributed by atoms with van der Waals surface area (Å²) < 4.78 is 5.52. The van der Waals surface area contributed by atoms with Gasteiger partial charge in [-0.1, -0.05) is 18.2 Å². The molecule has 2 unspecified atom stereocenters. The summed E-state index contributed by atoms with van der Waals surface area (Å²) in [7, 11) is 0. The monoisotopic (exact) mass is 352 g/mol. The number of ether oxygens (including phenoxy) is 1. The first-order valence-electron chi connectivity index (χ1n) is 8.44. The molecule has 0 saturated carbocycles. The van der Waals surface area contributed by atoms with Gasteiger partial charge in [-0.05, 0) is 30.3 Å². The van der Waals surface area contributed by atoms with E-state index in [9.17, 15) is 10.2 Å². The Hall–Kier alpha value is -2.80. The molecule has 4 rings (SSSR count). The summed E-state index contributed by atoms with van der Waals surface area (Å²) in [5.41, 5.74) is 4.44. The molecule has 2 heterocycles. The van der Waals surface area contributed by atoms with Crippen LogP contribution in [0.25, 0.3) is 22.6 Å². The molecule has 6 heteroatoms. The molecule has 0 saturated heterocycles. The normalized spacial score (nSPS) is 18.7. The van der Waals surface area contributed by atoms with Crippen molar-refractivity contribution in [3.05, 3.63) is 59.8 Å². The zero-order valence-electron chi connectivity index (χ0n) is 14.0. The van der Waals surface area contributed by atoms with Crippen molar-refractivity contribution in [2.75, 3.05) is 18.5 Å². The molecule has 2 aromatic carbocycles. The minimum Gasteiger partial charge on any atom is -0.491 e. The van der Waals surface area contributed by atoms with Crippen molar-refractivity contribution < 1.29 is 20.1 Å². The number of rotatable bonds is 5. The number of benzene rings is 2. The van der Waals surface area contributed by atoms with Crippen LogP contribution in [-0.2, 0) is 0 Å². The van der Waals surface area contributed by atoms with Crippen molar-refractivity contribution in [2.24, 2.45) is 0 Å². The number of aromatic nitrogens is 1. The molecule has 0 fully saturated rings. The Morgan fingerprint density at radius 2 is 2.04 bits per heavy atom. The predicted octanol–water partition coefficient (Wildman–Crippen LogP) is 2.18. The van der Waals surface area contributed by atoms with Crippen LogP contribution < -0.4 is 10.1 Å². The van der Waals surface area contributed by atoms with Gasteiger partial charge >= 0.3 is 0 Å². The first kappa shape index (κ1) is 16.7. The number of anilines is 1. The number of hydrogen-bond acceptors (Lipinski definition) is 5. The van der Waals surface area contributed by atoms with Gasteiger partial charge in [0.15, 0.2) is 6.23 Å². The molecular formula is C20H20N2O4. The summed E-state index contributed by atoms with van der Waals surface area (Å²) in [6.45, 7) is -0.344. The largest absolute Gasteiger partial charge is 0.491 e. The number of H-pyrrole nitrogens is 1. The van der Waals surface area contributed by atoms with Crippen LogP contribution in [0.5, 0.6) is 5.75 Å². The second kappa shape index (κ2) is 6.84. The van der Waals surface area contributed by atoms with Crippen LogP contribution in [0.3, 0.4) is 0 Å². The lowest BCUT2D eigenvalue weighted by Gasteiger charge is -2.11. The zero-order chi connectivity index (χ0) is 18.1. The van der Waals surface area contributed by atoms with E-state index in [4.69, 9.17) is 9.84 Å². The maximum absolute atomic E-state index is 10.4. The van der Waals surface area contributed by atoms with E-state index in [0.29, 0.717) is 5.75 Å². The quantitative estimate of drug-likeness (QED) is 0.485. The van der Waals surface area contributed by atoms with Crippen molar-refractivity contribution >= 4 is 28.2 Å². The highest BCUT2D eigenvalue weighted by Crippen LogP contribution is 2.38. The van der Waals surface area contributed by atoms with Crippen molar-refractivity contribution in [1.82, 2.24) is 4.98 Å². The van der Waals surface area contributed by atoms with Crippen LogP contribution in [0, 0.1) is 0 Å². The van der Waals surface area contributed by atoms with Crippen LogP contribution >= 0.6 is 0 Å². The van der Waals surface area contributed by atoms with E-state index >= 15 is 0 Å². The van der Waals surface area contributed by atoms with E-state index < -0.39 is 12.3 Å². The SMILES string of the molecule is OCC(O)COc1ccc2c(c1)C(=Cc1c[nH]c3ccccc13)C(O)N2. The molecule has 0 bridgehead atoms. The van der Waals surface area contributed by atoms with Gasteiger partial charge in [-0.3, -0.25) is 0 Å². The molecule has 0 amide bonds. The molecule has 26 heavy (non-hydrogen) atoms. The Kier molecular flexibility index (Phi) is 4.38. The third kappa shape index (κ3) is 3.06. The fourth-order valence-electron chi connectivity index (χ4n) is 3.13. The van der Waals surface area contributed by atoms with Crippen molar-refractivity contribution in [2.45, 2.75) is 12.3 Å². The van der Waals surface area contributed by atoms with Crippen LogP contribution in [-0.4, -0.2) is 45.8 Å². The summed E-state index contributed by atoms with van der Waals surface area (Å²) in [5.74, 6) is 0.567. The maximum Gasteiger partial charge on any atom is 0.151 e. The topological polar surface area (TPSA) is 97.7 Å². The van der Waals surface area contributed by atoms with Crippen LogP contribution in [0.4, 0.5) is 5.69 Å². The molecular weight excluding hydrogens is 332 g/mol. The van der Waals surface area contributed by atoms with E-state index in [1.165, 1.54) is 0 Å². The lowest BCUT2D eigenvalue weighted by atomic mass is 10.0. The molecule has 5 N–H and O–H groups in total. The van der Waals surface area contributed by atoms with Gasteiger partial charge in [0.05, 0.1) is 6.61 Å². The number of hydrogen-bond donors (Lipinski definition) is 5. The zero-order valence-corrected chi connectivity index (χ0v) is 14.0. The number of aliphatic hydroxyl groups is 3. The smallest absolute Gasteiger partial charge is 0.151 e. The third-order valence-corrected chi connectivity index (χ3v) is 4.47. The highest BCUT2D eigenvalue weighted by Gasteiger charge is 2.25. The minimum atomic E-state index is -0.923. The molecule has 134 valence electrons. The van der Waals surface area contributed by atoms with Gasteiger partial charge in [0.25, 0.3) is 0 Å². The van der Waals surface area contributed by atoms with Gasteiger partial charge in [0.1, 0.15) is 18.5 Å².